The van der Waals surface area contributed by atoms with E-state index >= 15 is 0 Å². The zero-order chi connectivity index (χ0) is 13.7. The number of hydrogen-bond donors (Lipinski definition) is 2. The lowest BCUT2D eigenvalue weighted by Crippen LogP contribution is -2.03. The molecule has 5 nitrogen and oxygen atoms in total. The molecule has 0 aromatic carbocycles. The lowest BCUT2D eigenvalue weighted by Gasteiger charge is -2.06. The van der Waals surface area contributed by atoms with E-state index in [-0.39, 0.29) is 0 Å². The number of thiazole rings is 1. The lowest BCUT2D eigenvalue weighted by atomic mass is 10.1. The number of nitrogen functional groups attached to an aromatic ring is 1. The number of allylic oxidation sites excluding steroid dienone is 2. The second kappa shape index (κ2) is 6.10. The average molecular weight is 273 g/mol. The molecule has 6 heteroatoms. The molecule has 0 amide bonds. The largest absolute Gasteiger partial charge is 0.402 e. The average Bonchev–Trinajstić information content (AvgIpc) is 2.93. The third-order valence-corrected chi connectivity index (χ3v) is 3.23. The zero-order valence-electron chi connectivity index (χ0n) is 10.6. The molecule has 0 aliphatic heterocycles. The summed E-state index contributed by atoms with van der Waals surface area (Å²) in [6.45, 7) is 2.00. The normalized spacial score (nSPS) is 12.7. The summed E-state index contributed by atoms with van der Waals surface area (Å²) in [6, 6.07) is 3.63. The lowest BCUT2D eigenvalue weighted by molar-refractivity contribution is 1.08. The minimum atomic E-state index is 0.482. The molecule has 0 unspecified atom stereocenters. The summed E-state index contributed by atoms with van der Waals surface area (Å²) in [7, 11) is 0. The van der Waals surface area contributed by atoms with Crippen LogP contribution in [0, 0.1) is 0 Å². The maximum absolute atomic E-state index is 6.04. The van der Waals surface area contributed by atoms with Crippen LogP contribution >= 0.6 is 11.3 Å². The third kappa shape index (κ3) is 3.38. The topological polar surface area (TPSA) is 90.2 Å². The second-order valence-electron chi connectivity index (χ2n) is 3.84. The van der Waals surface area contributed by atoms with Crippen molar-refractivity contribution < 1.29 is 0 Å². The maximum Gasteiger partial charge on any atom is 0.208 e. The van der Waals surface area contributed by atoms with Crippen molar-refractivity contribution in [1.29, 1.82) is 0 Å². The molecule has 4 N–H and O–H groups in total. The van der Waals surface area contributed by atoms with Crippen LogP contribution in [0.4, 0.5) is 10.9 Å². The van der Waals surface area contributed by atoms with Crippen LogP contribution in [0.2, 0.25) is 0 Å². The van der Waals surface area contributed by atoms with Gasteiger partial charge in [0, 0.05) is 40.8 Å². The molecule has 2 aromatic rings. The molecule has 19 heavy (non-hydrogen) atoms. The summed E-state index contributed by atoms with van der Waals surface area (Å²) >= 11 is 1.47. The van der Waals surface area contributed by atoms with Gasteiger partial charge in [-0.3, -0.25) is 0 Å². The Morgan fingerprint density at radius 1 is 1.42 bits per heavy atom. The molecule has 0 aliphatic rings. The summed E-state index contributed by atoms with van der Waals surface area (Å²) in [5.41, 5.74) is 14.1. The molecule has 0 fully saturated rings. The standard InChI is InChI=1S/C13H15N5S/c1-2-11(14)10(8-18-13-16-5-6-19-13)9-3-4-12(15)17-7-9/h3-8H,2,14H2,1H3,(H2,15,17). The van der Waals surface area contributed by atoms with Crippen molar-refractivity contribution in [3.8, 4) is 0 Å². The van der Waals surface area contributed by atoms with Gasteiger partial charge in [0.1, 0.15) is 5.82 Å². The predicted octanol–water partition coefficient (Wildman–Crippen LogP) is 2.60. The van der Waals surface area contributed by atoms with E-state index in [2.05, 4.69) is 15.0 Å². The van der Waals surface area contributed by atoms with Gasteiger partial charge in [-0.1, -0.05) is 6.92 Å². The Morgan fingerprint density at radius 3 is 2.84 bits per heavy atom. The summed E-state index contributed by atoms with van der Waals surface area (Å²) in [6.07, 6.45) is 5.88. The molecule has 0 spiro atoms. The van der Waals surface area contributed by atoms with Crippen LogP contribution in [-0.2, 0) is 0 Å². The molecule has 98 valence electrons. The summed E-state index contributed by atoms with van der Waals surface area (Å²) in [4.78, 5) is 12.5. The Hall–Kier alpha value is -2.21. The van der Waals surface area contributed by atoms with Gasteiger partial charge in [0.25, 0.3) is 0 Å². The Balaban J connectivity index is 2.35. The molecule has 2 heterocycles. The van der Waals surface area contributed by atoms with Gasteiger partial charge in [0.05, 0.1) is 0 Å². The van der Waals surface area contributed by atoms with E-state index in [0.717, 1.165) is 23.3 Å². The van der Waals surface area contributed by atoms with E-state index in [1.54, 1.807) is 24.7 Å². The van der Waals surface area contributed by atoms with E-state index in [1.807, 2.05) is 18.4 Å². The first-order valence-electron chi connectivity index (χ1n) is 5.84. The molecule has 0 saturated heterocycles. The van der Waals surface area contributed by atoms with Gasteiger partial charge in [0.2, 0.25) is 5.13 Å². The van der Waals surface area contributed by atoms with Crippen LogP contribution < -0.4 is 11.5 Å². The summed E-state index contributed by atoms with van der Waals surface area (Å²) in [5, 5.41) is 2.58. The van der Waals surface area contributed by atoms with E-state index in [0.29, 0.717) is 10.9 Å². The summed E-state index contributed by atoms with van der Waals surface area (Å²) < 4.78 is 0. The van der Waals surface area contributed by atoms with Crippen LogP contribution in [0.15, 0.2) is 40.6 Å². The number of nitrogens with zero attached hydrogens (tertiary/aromatic N) is 3. The molecule has 2 aromatic heterocycles. The fraction of sp³-hybridized carbons (Fsp3) is 0.154. The van der Waals surface area contributed by atoms with Crippen LogP contribution in [-0.4, -0.2) is 16.2 Å². The number of nitrogens with two attached hydrogens (primary N) is 2. The number of hydrogen-bond acceptors (Lipinski definition) is 6. The molecular formula is C13H15N5S. The first-order chi connectivity index (χ1) is 9.20. The smallest absolute Gasteiger partial charge is 0.208 e. The van der Waals surface area contributed by atoms with Crippen LogP contribution in [0.25, 0.3) is 5.57 Å². The van der Waals surface area contributed by atoms with Gasteiger partial charge < -0.3 is 11.5 Å². The van der Waals surface area contributed by atoms with Gasteiger partial charge in [-0.05, 0) is 18.6 Å². The van der Waals surface area contributed by atoms with E-state index in [1.165, 1.54) is 11.3 Å². The molecule has 0 aliphatic carbocycles. The highest BCUT2D eigenvalue weighted by Crippen LogP contribution is 2.20. The predicted molar refractivity (Wildman–Crippen MR) is 80.3 cm³/mol. The molecule has 0 saturated carbocycles. The number of aromatic nitrogens is 2. The number of aliphatic imine (C=N–C) groups is 1. The van der Waals surface area contributed by atoms with Crippen molar-refractivity contribution >= 4 is 34.1 Å². The van der Waals surface area contributed by atoms with Crippen LogP contribution in [0.1, 0.15) is 18.9 Å². The zero-order valence-corrected chi connectivity index (χ0v) is 11.4. The minimum Gasteiger partial charge on any atom is -0.402 e. The van der Waals surface area contributed by atoms with Crippen molar-refractivity contribution in [2.45, 2.75) is 13.3 Å². The fourth-order valence-corrected chi connectivity index (χ4v) is 1.98. The first-order valence-corrected chi connectivity index (χ1v) is 6.72. The van der Waals surface area contributed by atoms with Crippen molar-refractivity contribution in [2.24, 2.45) is 10.7 Å². The number of rotatable bonds is 4. The van der Waals surface area contributed by atoms with Crippen molar-refractivity contribution in [3.05, 3.63) is 41.2 Å². The molecule has 0 radical (unpaired) electrons. The minimum absolute atomic E-state index is 0.482. The molecular weight excluding hydrogens is 258 g/mol. The number of anilines is 1. The quantitative estimate of drug-likeness (QED) is 0.838. The highest BCUT2D eigenvalue weighted by atomic mass is 32.1. The second-order valence-corrected chi connectivity index (χ2v) is 4.71. The number of pyridine rings is 1. The van der Waals surface area contributed by atoms with Gasteiger partial charge >= 0.3 is 0 Å². The fourth-order valence-electron chi connectivity index (χ4n) is 1.50. The van der Waals surface area contributed by atoms with E-state index < -0.39 is 0 Å². The Labute approximate surface area is 115 Å². The van der Waals surface area contributed by atoms with E-state index in [9.17, 15) is 0 Å². The van der Waals surface area contributed by atoms with Gasteiger partial charge in [0.15, 0.2) is 0 Å². The highest BCUT2D eigenvalue weighted by Gasteiger charge is 2.04. The maximum atomic E-state index is 6.04. The first kappa shape index (κ1) is 13.2. The molecule has 0 bridgehead atoms. The van der Waals surface area contributed by atoms with Crippen molar-refractivity contribution in [2.75, 3.05) is 5.73 Å². The molecule has 0 atom stereocenters. The summed E-state index contributed by atoms with van der Waals surface area (Å²) in [5.74, 6) is 0.482. The molecule has 2 rings (SSSR count). The monoisotopic (exact) mass is 273 g/mol. The SMILES string of the molecule is CCC(N)=C(C=Nc1nccs1)c1ccc(N)nc1. The Kier molecular flexibility index (Phi) is 4.25. The van der Waals surface area contributed by atoms with E-state index in [4.69, 9.17) is 11.5 Å². The van der Waals surface area contributed by atoms with Gasteiger partial charge in [-0.2, -0.15) is 0 Å². The van der Waals surface area contributed by atoms with Crippen LogP contribution in [0.3, 0.4) is 0 Å². The highest BCUT2D eigenvalue weighted by molar-refractivity contribution is 7.13. The van der Waals surface area contributed by atoms with Gasteiger partial charge in [-0.15, -0.1) is 11.3 Å². The Morgan fingerprint density at radius 2 is 2.26 bits per heavy atom. The Bertz CT molecular complexity index is 584. The van der Waals surface area contributed by atoms with Crippen molar-refractivity contribution in [1.82, 2.24) is 9.97 Å². The van der Waals surface area contributed by atoms with Gasteiger partial charge in [-0.25, -0.2) is 15.0 Å². The van der Waals surface area contributed by atoms with Crippen LogP contribution in [0.5, 0.6) is 0 Å². The third-order valence-electron chi connectivity index (χ3n) is 2.55. The van der Waals surface area contributed by atoms with Crippen molar-refractivity contribution in [3.63, 3.8) is 0 Å².